The zero-order valence-electron chi connectivity index (χ0n) is 15.3. The first-order valence-electron chi connectivity index (χ1n) is 9.90. The van der Waals surface area contributed by atoms with Crippen molar-refractivity contribution in [3.8, 4) is 0 Å². The highest BCUT2D eigenvalue weighted by atomic mass is 16.4. The zero-order chi connectivity index (χ0) is 17.9. The molecule has 1 saturated carbocycles. The number of carbonyl (C=O) groups is 1. The third kappa shape index (κ3) is 3.62. The molecule has 2 aromatic carbocycles. The van der Waals surface area contributed by atoms with Crippen molar-refractivity contribution < 1.29 is 9.90 Å². The molecule has 0 amide bonds. The molecule has 1 aliphatic carbocycles. The Hall–Kier alpha value is -2.29. The number of para-hydroxylation sites is 1. The van der Waals surface area contributed by atoms with Gasteiger partial charge in [0.05, 0.1) is 0 Å². The minimum atomic E-state index is -0.797. The Labute approximate surface area is 155 Å². The van der Waals surface area contributed by atoms with Gasteiger partial charge < -0.3 is 10.0 Å². The molecular weight excluding hydrogens is 322 g/mol. The number of hydrogen-bond donors (Lipinski definition) is 1. The molecule has 0 aromatic heterocycles. The predicted molar refractivity (Wildman–Crippen MR) is 105 cm³/mol. The number of aliphatic carboxylic acids is 1. The zero-order valence-corrected chi connectivity index (χ0v) is 15.3. The van der Waals surface area contributed by atoms with Gasteiger partial charge in [0.1, 0.15) is 6.54 Å². The molecule has 0 saturated heterocycles. The summed E-state index contributed by atoms with van der Waals surface area (Å²) in [5, 5.41) is 9.36. The number of carboxylic acids is 1. The number of aryl methyl sites for hydroxylation is 1. The number of benzene rings is 2. The third-order valence-corrected chi connectivity index (χ3v) is 5.96. The number of anilines is 2. The average Bonchev–Trinajstić information content (AvgIpc) is 2.66. The van der Waals surface area contributed by atoms with Crippen molar-refractivity contribution in [1.82, 2.24) is 0 Å². The molecule has 1 heterocycles. The van der Waals surface area contributed by atoms with Gasteiger partial charge in [-0.05, 0) is 47.6 Å². The Kier molecular flexibility index (Phi) is 4.96. The Morgan fingerprint density at radius 1 is 1.00 bits per heavy atom. The molecule has 1 N–H and O–H groups in total. The van der Waals surface area contributed by atoms with E-state index in [1.54, 1.807) is 0 Å². The fourth-order valence-corrected chi connectivity index (χ4v) is 4.61. The van der Waals surface area contributed by atoms with E-state index in [9.17, 15) is 9.90 Å². The molecule has 3 heteroatoms. The van der Waals surface area contributed by atoms with E-state index in [4.69, 9.17) is 0 Å². The van der Waals surface area contributed by atoms with Crippen LogP contribution in [0.25, 0.3) is 0 Å². The van der Waals surface area contributed by atoms with Gasteiger partial charge in [-0.25, -0.2) is 0 Å². The summed E-state index contributed by atoms with van der Waals surface area (Å²) in [6.07, 6.45) is 10.3. The van der Waals surface area contributed by atoms with Crippen LogP contribution in [0.5, 0.6) is 0 Å². The maximum atomic E-state index is 11.4. The van der Waals surface area contributed by atoms with Crippen LogP contribution in [0.2, 0.25) is 0 Å². The molecule has 0 bridgehead atoms. The van der Waals surface area contributed by atoms with Crippen LogP contribution >= 0.6 is 0 Å². The fraction of sp³-hybridized carbons (Fsp3) is 0.435. The van der Waals surface area contributed by atoms with Crippen LogP contribution in [-0.2, 0) is 17.6 Å². The number of nitrogens with zero attached hydrogens (tertiary/aromatic N) is 1. The van der Waals surface area contributed by atoms with Crippen LogP contribution in [0.1, 0.15) is 55.2 Å². The van der Waals surface area contributed by atoms with Gasteiger partial charge in [0, 0.05) is 17.8 Å². The van der Waals surface area contributed by atoms with E-state index in [1.807, 2.05) is 23.1 Å². The van der Waals surface area contributed by atoms with E-state index < -0.39 is 5.97 Å². The van der Waals surface area contributed by atoms with Crippen molar-refractivity contribution in [2.75, 3.05) is 11.4 Å². The summed E-state index contributed by atoms with van der Waals surface area (Å²) in [5.74, 6) is 0.0954. The molecular formula is C23H27NO2. The van der Waals surface area contributed by atoms with Crippen molar-refractivity contribution in [2.24, 2.45) is 5.92 Å². The monoisotopic (exact) mass is 349 g/mol. The lowest BCUT2D eigenvalue weighted by molar-refractivity contribution is -0.135. The molecule has 1 fully saturated rings. The lowest BCUT2D eigenvalue weighted by atomic mass is 9.85. The first-order chi connectivity index (χ1) is 12.7. The van der Waals surface area contributed by atoms with E-state index in [0.717, 1.165) is 30.1 Å². The van der Waals surface area contributed by atoms with Gasteiger partial charge in [-0.15, -0.1) is 0 Å². The van der Waals surface area contributed by atoms with Crippen LogP contribution < -0.4 is 4.90 Å². The summed E-state index contributed by atoms with van der Waals surface area (Å²) in [7, 11) is 0. The third-order valence-electron chi connectivity index (χ3n) is 5.96. The molecule has 1 aliphatic heterocycles. The topological polar surface area (TPSA) is 40.5 Å². The van der Waals surface area contributed by atoms with E-state index in [0.29, 0.717) is 0 Å². The predicted octanol–water partition coefficient (Wildman–Crippen LogP) is 5.33. The van der Waals surface area contributed by atoms with Gasteiger partial charge in [-0.1, -0.05) is 62.4 Å². The highest BCUT2D eigenvalue weighted by molar-refractivity contribution is 5.83. The highest BCUT2D eigenvalue weighted by Crippen LogP contribution is 2.39. The molecule has 0 unspecified atom stereocenters. The fourth-order valence-electron chi connectivity index (χ4n) is 4.61. The van der Waals surface area contributed by atoms with Crippen molar-refractivity contribution >= 4 is 17.3 Å². The lowest BCUT2D eigenvalue weighted by Crippen LogP contribution is -2.29. The maximum absolute atomic E-state index is 11.4. The van der Waals surface area contributed by atoms with E-state index in [1.165, 1.54) is 55.2 Å². The SMILES string of the molecule is O=C(O)CN1c2ccccc2Cc2cc(CCC3CCCCC3)ccc21. The highest BCUT2D eigenvalue weighted by Gasteiger charge is 2.24. The molecule has 3 nitrogen and oxygen atoms in total. The Morgan fingerprint density at radius 2 is 1.77 bits per heavy atom. The Balaban J connectivity index is 1.56. The smallest absolute Gasteiger partial charge is 0.323 e. The van der Waals surface area contributed by atoms with Gasteiger partial charge in [0.15, 0.2) is 0 Å². The normalized spacial score (nSPS) is 16.8. The number of rotatable bonds is 5. The molecule has 0 spiro atoms. The molecule has 2 aromatic rings. The van der Waals surface area contributed by atoms with Crippen LogP contribution in [0, 0.1) is 5.92 Å². The first kappa shape index (κ1) is 17.1. The summed E-state index contributed by atoms with van der Waals surface area (Å²) in [6, 6.07) is 14.8. The van der Waals surface area contributed by atoms with Gasteiger partial charge in [0.2, 0.25) is 0 Å². The summed E-state index contributed by atoms with van der Waals surface area (Å²) in [5.41, 5.74) is 5.94. The van der Waals surface area contributed by atoms with Gasteiger partial charge >= 0.3 is 5.97 Å². The second-order valence-corrected chi connectivity index (χ2v) is 7.79. The number of carboxylic acid groups (broad SMARTS) is 1. The first-order valence-corrected chi connectivity index (χ1v) is 9.90. The molecule has 136 valence electrons. The van der Waals surface area contributed by atoms with Crippen LogP contribution in [0.4, 0.5) is 11.4 Å². The number of fused-ring (bicyclic) bond motifs is 2. The van der Waals surface area contributed by atoms with Crippen molar-refractivity contribution in [3.05, 3.63) is 59.2 Å². The molecule has 2 aliphatic rings. The average molecular weight is 349 g/mol. The molecule has 0 atom stereocenters. The van der Waals surface area contributed by atoms with Crippen molar-refractivity contribution in [2.45, 2.75) is 51.4 Å². The molecule has 26 heavy (non-hydrogen) atoms. The second kappa shape index (κ2) is 7.53. The van der Waals surface area contributed by atoms with Gasteiger partial charge in [-0.2, -0.15) is 0 Å². The summed E-state index contributed by atoms with van der Waals surface area (Å²) in [4.78, 5) is 13.3. The number of hydrogen-bond acceptors (Lipinski definition) is 2. The maximum Gasteiger partial charge on any atom is 0.323 e. The standard InChI is InChI=1S/C23H27NO2/c25-23(26)16-24-21-9-5-4-8-19(21)15-20-14-18(12-13-22(20)24)11-10-17-6-2-1-3-7-17/h4-5,8-9,12-14,17H,1-3,6-7,10-11,15-16H2,(H,25,26). The summed E-state index contributed by atoms with van der Waals surface area (Å²) >= 11 is 0. The summed E-state index contributed by atoms with van der Waals surface area (Å²) < 4.78 is 0. The van der Waals surface area contributed by atoms with Gasteiger partial charge in [0.25, 0.3) is 0 Å². The van der Waals surface area contributed by atoms with E-state index in [-0.39, 0.29) is 6.54 Å². The molecule has 0 radical (unpaired) electrons. The van der Waals surface area contributed by atoms with Crippen LogP contribution in [0.3, 0.4) is 0 Å². The summed E-state index contributed by atoms with van der Waals surface area (Å²) in [6.45, 7) is 0.00539. The minimum absolute atomic E-state index is 0.00539. The van der Waals surface area contributed by atoms with E-state index in [2.05, 4.69) is 24.3 Å². The van der Waals surface area contributed by atoms with Crippen molar-refractivity contribution in [3.63, 3.8) is 0 Å². The Bertz CT molecular complexity index is 793. The largest absolute Gasteiger partial charge is 0.480 e. The second-order valence-electron chi connectivity index (χ2n) is 7.79. The van der Waals surface area contributed by atoms with Gasteiger partial charge in [-0.3, -0.25) is 4.79 Å². The minimum Gasteiger partial charge on any atom is -0.480 e. The Morgan fingerprint density at radius 3 is 2.58 bits per heavy atom. The van der Waals surface area contributed by atoms with Crippen LogP contribution in [-0.4, -0.2) is 17.6 Å². The van der Waals surface area contributed by atoms with Crippen LogP contribution in [0.15, 0.2) is 42.5 Å². The lowest BCUT2D eigenvalue weighted by Gasteiger charge is -2.32. The van der Waals surface area contributed by atoms with E-state index >= 15 is 0 Å². The quantitative estimate of drug-likeness (QED) is 0.793. The molecule has 4 rings (SSSR count). The van der Waals surface area contributed by atoms with Crippen molar-refractivity contribution in [1.29, 1.82) is 0 Å².